The fourth-order valence-corrected chi connectivity index (χ4v) is 3.22. The van der Waals surface area contributed by atoms with Gasteiger partial charge in [0, 0.05) is 17.3 Å². The minimum atomic E-state index is -4.52. The van der Waals surface area contributed by atoms with Gasteiger partial charge in [-0.3, -0.25) is 4.98 Å². The minimum Gasteiger partial charge on any atom is -0.255 e. The number of nitrogens with zero attached hydrogens (tertiary/aromatic N) is 1. The third kappa shape index (κ3) is 3.87. The van der Waals surface area contributed by atoms with Gasteiger partial charge in [0.15, 0.2) is 0 Å². The molecule has 0 aliphatic heterocycles. The van der Waals surface area contributed by atoms with Gasteiger partial charge in [-0.1, -0.05) is 18.2 Å². The van der Waals surface area contributed by atoms with E-state index >= 15 is 0 Å². The van der Waals surface area contributed by atoms with Crippen LogP contribution >= 0.6 is 0 Å². The largest absolute Gasteiger partial charge is 0.416 e. The number of hydrogen-bond acceptors (Lipinski definition) is 3. The maximum absolute atomic E-state index is 14.5. The van der Waals surface area contributed by atoms with Crippen molar-refractivity contribution in [3.63, 3.8) is 0 Å². The van der Waals surface area contributed by atoms with Gasteiger partial charge in [0.25, 0.3) is 0 Å². The molecule has 0 unspecified atom stereocenters. The molecule has 0 atom stereocenters. The van der Waals surface area contributed by atoms with Crippen molar-refractivity contribution < 1.29 is 30.4 Å². The number of nitrogens with two attached hydrogens (primary N) is 1. The monoisotopic (exact) mass is 414 g/mol. The van der Waals surface area contributed by atoms with Crippen LogP contribution in [0.2, 0.25) is 0 Å². The van der Waals surface area contributed by atoms with E-state index in [4.69, 9.17) is 5.14 Å². The smallest absolute Gasteiger partial charge is 0.255 e. The average molecular weight is 414 g/mol. The summed E-state index contributed by atoms with van der Waals surface area (Å²) in [5.74, 6) is -2.37. The number of aromatic nitrogens is 1. The summed E-state index contributed by atoms with van der Waals surface area (Å²) in [7, 11) is -4.48. The van der Waals surface area contributed by atoms with Crippen LogP contribution in [0.3, 0.4) is 0 Å². The first-order chi connectivity index (χ1) is 13.0. The Morgan fingerprint density at radius 2 is 1.54 bits per heavy atom. The van der Waals surface area contributed by atoms with Crippen molar-refractivity contribution in [2.45, 2.75) is 11.1 Å². The molecule has 146 valence electrons. The molecule has 3 rings (SSSR count). The Morgan fingerprint density at radius 1 is 0.893 bits per heavy atom. The molecule has 0 fully saturated rings. The first-order valence-corrected chi connectivity index (χ1v) is 9.18. The maximum atomic E-state index is 14.5. The SMILES string of the molecule is NS(=O)(=O)c1cc(F)c(-c2ncccc2-c2ccc(C(F)(F)F)cc2)cc1F. The van der Waals surface area contributed by atoms with Crippen LogP contribution in [0.25, 0.3) is 22.4 Å². The lowest BCUT2D eigenvalue weighted by molar-refractivity contribution is -0.137. The van der Waals surface area contributed by atoms with Crippen LogP contribution in [0.1, 0.15) is 5.56 Å². The second kappa shape index (κ2) is 6.95. The van der Waals surface area contributed by atoms with Gasteiger partial charge >= 0.3 is 6.18 Å². The highest BCUT2D eigenvalue weighted by molar-refractivity contribution is 7.89. The molecule has 28 heavy (non-hydrogen) atoms. The molecule has 2 aromatic carbocycles. The van der Waals surface area contributed by atoms with Gasteiger partial charge in [-0.15, -0.1) is 0 Å². The molecule has 0 radical (unpaired) electrons. The fraction of sp³-hybridized carbons (Fsp3) is 0.0556. The van der Waals surface area contributed by atoms with Crippen LogP contribution in [0.5, 0.6) is 0 Å². The molecule has 1 heterocycles. The van der Waals surface area contributed by atoms with Gasteiger partial charge in [-0.25, -0.2) is 22.3 Å². The Labute approximate surface area is 156 Å². The van der Waals surface area contributed by atoms with Gasteiger partial charge in [0.1, 0.15) is 16.5 Å². The van der Waals surface area contributed by atoms with Crippen LogP contribution in [-0.4, -0.2) is 13.4 Å². The van der Waals surface area contributed by atoms with Gasteiger partial charge in [0.2, 0.25) is 10.0 Å². The molecule has 10 heteroatoms. The molecule has 1 aromatic heterocycles. The summed E-state index contributed by atoms with van der Waals surface area (Å²) in [6.07, 6.45) is -3.23. The van der Waals surface area contributed by atoms with E-state index in [0.717, 1.165) is 12.1 Å². The topological polar surface area (TPSA) is 73.1 Å². The number of rotatable bonds is 3. The van der Waals surface area contributed by atoms with Crippen molar-refractivity contribution >= 4 is 10.0 Å². The zero-order valence-corrected chi connectivity index (χ0v) is 14.7. The van der Waals surface area contributed by atoms with Crippen molar-refractivity contribution in [2.24, 2.45) is 5.14 Å². The van der Waals surface area contributed by atoms with Crippen LogP contribution in [0, 0.1) is 11.6 Å². The first kappa shape index (κ1) is 19.9. The summed E-state index contributed by atoms with van der Waals surface area (Å²) in [6, 6.07) is 8.07. The molecule has 2 N–H and O–H groups in total. The second-order valence-electron chi connectivity index (χ2n) is 5.78. The lowest BCUT2D eigenvalue weighted by atomic mass is 9.98. The van der Waals surface area contributed by atoms with Crippen molar-refractivity contribution in [3.8, 4) is 22.4 Å². The normalized spacial score (nSPS) is 12.2. The molecule has 0 saturated heterocycles. The van der Waals surface area contributed by atoms with Crippen LogP contribution in [-0.2, 0) is 16.2 Å². The van der Waals surface area contributed by atoms with E-state index in [1.54, 1.807) is 0 Å². The highest BCUT2D eigenvalue weighted by atomic mass is 32.2. The third-order valence-electron chi connectivity index (χ3n) is 3.91. The molecular formula is C18H11F5N2O2S. The predicted molar refractivity (Wildman–Crippen MR) is 91.4 cm³/mol. The summed E-state index contributed by atoms with van der Waals surface area (Å²) in [5, 5.41) is 4.84. The van der Waals surface area contributed by atoms with E-state index in [1.807, 2.05) is 0 Å². The number of primary sulfonamides is 1. The van der Waals surface area contributed by atoms with E-state index < -0.39 is 38.3 Å². The van der Waals surface area contributed by atoms with E-state index in [9.17, 15) is 30.4 Å². The van der Waals surface area contributed by atoms with E-state index in [1.165, 1.54) is 30.5 Å². The first-order valence-electron chi connectivity index (χ1n) is 7.63. The van der Waals surface area contributed by atoms with Crippen LogP contribution < -0.4 is 5.14 Å². The van der Waals surface area contributed by atoms with Gasteiger partial charge < -0.3 is 0 Å². The number of pyridine rings is 1. The van der Waals surface area contributed by atoms with Crippen molar-refractivity contribution in [3.05, 3.63) is 71.9 Å². The van der Waals surface area contributed by atoms with Gasteiger partial charge in [-0.05, 0) is 35.9 Å². The molecule has 4 nitrogen and oxygen atoms in total. The number of hydrogen-bond donors (Lipinski definition) is 1. The molecule has 0 bridgehead atoms. The second-order valence-corrected chi connectivity index (χ2v) is 7.31. The Balaban J connectivity index is 2.15. The zero-order chi connectivity index (χ0) is 20.7. The predicted octanol–water partition coefficient (Wildman–Crippen LogP) is 4.36. The summed E-state index contributed by atoms with van der Waals surface area (Å²) >= 11 is 0. The molecular weight excluding hydrogens is 403 g/mol. The Kier molecular flexibility index (Phi) is 4.94. The van der Waals surface area contributed by atoms with Crippen molar-refractivity contribution in [2.75, 3.05) is 0 Å². The highest BCUT2D eigenvalue weighted by Crippen LogP contribution is 2.35. The van der Waals surface area contributed by atoms with Crippen LogP contribution in [0.4, 0.5) is 22.0 Å². The summed E-state index contributed by atoms with van der Waals surface area (Å²) in [5.41, 5.74) is -0.777. The number of halogens is 5. The third-order valence-corrected chi connectivity index (χ3v) is 4.84. The number of alkyl halides is 3. The summed E-state index contributed by atoms with van der Waals surface area (Å²) in [6.45, 7) is 0. The van der Waals surface area contributed by atoms with E-state index in [0.29, 0.717) is 12.1 Å². The van der Waals surface area contributed by atoms with Crippen molar-refractivity contribution in [1.29, 1.82) is 0 Å². The summed E-state index contributed by atoms with van der Waals surface area (Å²) < 4.78 is 89.5. The Hall–Kier alpha value is -2.85. The molecule has 3 aromatic rings. The van der Waals surface area contributed by atoms with Gasteiger partial charge in [-0.2, -0.15) is 13.2 Å². The molecule has 0 saturated carbocycles. The molecule has 0 aliphatic rings. The van der Waals surface area contributed by atoms with Gasteiger partial charge in [0.05, 0.1) is 11.3 Å². The molecule has 0 spiro atoms. The lowest BCUT2D eigenvalue weighted by Gasteiger charge is -2.12. The Bertz CT molecular complexity index is 1140. The van der Waals surface area contributed by atoms with Crippen molar-refractivity contribution in [1.82, 2.24) is 4.98 Å². The number of sulfonamides is 1. The lowest BCUT2D eigenvalue weighted by Crippen LogP contribution is -2.14. The van der Waals surface area contributed by atoms with E-state index in [-0.39, 0.29) is 22.4 Å². The average Bonchev–Trinajstić information content (AvgIpc) is 2.62. The molecule has 0 aliphatic carbocycles. The molecule has 0 amide bonds. The quantitative estimate of drug-likeness (QED) is 0.648. The van der Waals surface area contributed by atoms with Crippen LogP contribution in [0.15, 0.2) is 59.6 Å². The maximum Gasteiger partial charge on any atom is 0.416 e. The van der Waals surface area contributed by atoms with E-state index in [2.05, 4.69) is 4.98 Å². The fourth-order valence-electron chi connectivity index (χ4n) is 2.62. The highest BCUT2D eigenvalue weighted by Gasteiger charge is 2.30. The standard InChI is InChI=1S/C18H11F5N2O2S/c19-14-9-16(28(24,26)27)15(20)8-13(14)17-12(2-1-7-25-17)10-3-5-11(6-4-10)18(21,22)23/h1-9H,(H2,24,26,27). The zero-order valence-electron chi connectivity index (χ0n) is 13.8. The Morgan fingerprint density at radius 3 is 2.11 bits per heavy atom. The number of benzene rings is 2. The minimum absolute atomic E-state index is 0.0698. The summed E-state index contributed by atoms with van der Waals surface area (Å²) in [4.78, 5) is 2.97.